The molecule has 0 aliphatic carbocycles. The number of ether oxygens (including phenoxy) is 3. The fourth-order valence-electron chi connectivity index (χ4n) is 3.60. The molecule has 0 unspecified atom stereocenters. The molecular weight excluding hydrogens is 484 g/mol. The first-order chi connectivity index (χ1) is 17.1. The van der Waals surface area contributed by atoms with E-state index in [4.69, 9.17) is 14.2 Å². The van der Waals surface area contributed by atoms with Crippen LogP contribution in [-0.2, 0) is 26.1 Å². The molecule has 9 nitrogen and oxygen atoms in total. The average Bonchev–Trinajstić information content (AvgIpc) is 3.30. The lowest BCUT2D eigenvalue weighted by molar-refractivity contribution is -0.129. The maximum atomic E-state index is 13.0. The first-order valence-corrected chi connectivity index (χ1v) is 12.7. The van der Waals surface area contributed by atoms with Crippen molar-refractivity contribution in [3.63, 3.8) is 0 Å². The Morgan fingerprint density at radius 1 is 1.00 bits per heavy atom. The Kier molecular flexibility index (Phi) is 7.16. The van der Waals surface area contributed by atoms with Crippen LogP contribution in [0.3, 0.4) is 0 Å². The fourth-order valence-corrected chi connectivity index (χ4v) is 4.92. The van der Waals surface area contributed by atoms with Crippen molar-refractivity contribution in [2.24, 2.45) is 0 Å². The second-order valence-electron chi connectivity index (χ2n) is 8.41. The number of nitrogens with one attached hydrogen (secondary N) is 2. The highest BCUT2D eigenvalue weighted by Crippen LogP contribution is 2.32. The molecule has 0 saturated carbocycles. The third kappa shape index (κ3) is 5.77. The Hall–Kier alpha value is -4.05. The predicted octanol–water partition coefficient (Wildman–Crippen LogP) is 3.69. The highest BCUT2D eigenvalue weighted by molar-refractivity contribution is 7.92. The molecule has 0 fully saturated rings. The Morgan fingerprint density at radius 2 is 1.78 bits per heavy atom. The molecule has 0 radical (unpaired) electrons. The summed E-state index contributed by atoms with van der Waals surface area (Å²) >= 11 is 0. The molecule has 36 heavy (non-hydrogen) atoms. The van der Waals surface area contributed by atoms with Crippen LogP contribution < -0.4 is 19.5 Å². The van der Waals surface area contributed by atoms with Crippen molar-refractivity contribution in [2.75, 3.05) is 11.5 Å². The third-order valence-electron chi connectivity index (χ3n) is 5.54. The van der Waals surface area contributed by atoms with E-state index in [1.54, 1.807) is 43.3 Å². The zero-order valence-corrected chi connectivity index (χ0v) is 20.8. The molecule has 3 aromatic carbocycles. The molecule has 1 aliphatic rings. The quantitative estimate of drug-likeness (QED) is 0.444. The van der Waals surface area contributed by atoms with Crippen molar-refractivity contribution >= 4 is 27.6 Å². The van der Waals surface area contributed by atoms with Gasteiger partial charge in [-0.15, -0.1) is 0 Å². The topological polar surface area (TPSA) is 120 Å². The Balaban J connectivity index is 1.40. The molecular formula is C26H26N2O7S. The highest BCUT2D eigenvalue weighted by Gasteiger charge is 2.23. The summed E-state index contributed by atoms with van der Waals surface area (Å²) in [4.78, 5) is 25.1. The molecule has 10 heteroatoms. The van der Waals surface area contributed by atoms with Crippen LogP contribution in [0.5, 0.6) is 11.5 Å². The number of benzene rings is 3. The van der Waals surface area contributed by atoms with Crippen LogP contribution in [0.15, 0.2) is 65.6 Å². The zero-order chi connectivity index (χ0) is 25.9. The fraction of sp³-hybridized carbons (Fsp3) is 0.231. The van der Waals surface area contributed by atoms with Crippen LogP contribution in [0.25, 0.3) is 0 Å². The summed E-state index contributed by atoms with van der Waals surface area (Å²) in [5.41, 5.74) is 2.58. The van der Waals surface area contributed by atoms with Gasteiger partial charge in [-0.3, -0.25) is 9.52 Å². The SMILES string of the molecule is Cc1cccc(NS(=O)(=O)c2cc(C(=O)O[C@@H](C)C(=O)NCc3ccc4c(c3)OCO4)ccc2C)c1. The second kappa shape index (κ2) is 10.3. The molecule has 1 atom stereocenters. The number of hydrogen-bond donors (Lipinski definition) is 2. The number of carbonyl (C=O) groups excluding carboxylic acids is 2. The maximum Gasteiger partial charge on any atom is 0.338 e. The number of fused-ring (bicyclic) bond motifs is 1. The summed E-state index contributed by atoms with van der Waals surface area (Å²) in [6, 6.07) is 16.5. The lowest BCUT2D eigenvalue weighted by atomic mass is 10.1. The van der Waals surface area contributed by atoms with Gasteiger partial charge in [0.1, 0.15) is 0 Å². The lowest BCUT2D eigenvalue weighted by Crippen LogP contribution is -2.35. The van der Waals surface area contributed by atoms with Gasteiger partial charge in [0, 0.05) is 12.2 Å². The molecule has 1 aliphatic heterocycles. The number of anilines is 1. The normalized spacial score (nSPS) is 13.1. The summed E-state index contributed by atoms with van der Waals surface area (Å²) in [5.74, 6) is -0.0704. The van der Waals surface area contributed by atoms with Crippen molar-refractivity contribution in [2.45, 2.75) is 38.3 Å². The number of sulfonamides is 1. The Bertz CT molecular complexity index is 1420. The molecule has 4 rings (SSSR count). The standard InChI is InChI=1S/C26H26N2O7S/c1-16-5-4-6-21(11-16)28-36(31,32)24-13-20(9-7-17(24)2)26(30)35-18(3)25(29)27-14-19-8-10-22-23(12-19)34-15-33-22/h4-13,18,28H,14-15H2,1-3H3,(H,27,29)/t18-/m0/s1. The molecule has 1 heterocycles. The van der Waals surface area contributed by atoms with E-state index >= 15 is 0 Å². The summed E-state index contributed by atoms with van der Waals surface area (Å²) in [6.07, 6.45) is -1.10. The van der Waals surface area contributed by atoms with Gasteiger partial charge in [0.05, 0.1) is 10.5 Å². The minimum Gasteiger partial charge on any atom is -0.454 e. The van der Waals surface area contributed by atoms with Gasteiger partial charge in [0.25, 0.3) is 15.9 Å². The molecule has 0 saturated heterocycles. The first kappa shape index (κ1) is 25.1. The minimum absolute atomic E-state index is 0.0145. The molecule has 0 aromatic heterocycles. The van der Waals surface area contributed by atoms with E-state index in [1.807, 2.05) is 13.0 Å². The van der Waals surface area contributed by atoms with Gasteiger partial charge in [0.15, 0.2) is 17.6 Å². The number of esters is 1. The van der Waals surface area contributed by atoms with Crippen molar-refractivity contribution in [1.29, 1.82) is 0 Å². The summed E-state index contributed by atoms with van der Waals surface area (Å²) in [6.45, 7) is 5.29. The van der Waals surface area contributed by atoms with Gasteiger partial charge in [-0.2, -0.15) is 0 Å². The number of hydrogen-bond acceptors (Lipinski definition) is 7. The molecule has 0 bridgehead atoms. The molecule has 1 amide bonds. The number of carbonyl (C=O) groups is 2. The van der Waals surface area contributed by atoms with Crippen LogP contribution in [0, 0.1) is 13.8 Å². The van der Waals surface area contributed by atoms with Crippen molar-refractivity contribution in [3.8, 4) is 11.5 Å². The Labute approximate surface area is 209 Å². The van der Waals surface area contributed by atoms with Gasteiger partial charge in [-0.1, -0.05) is 24.3 Å². The van der Waals surface area contributed by atoms with Crippen LogP contribution in [0.4, 0.5) is 5.69 Å². The van der Waals surface area contributed by atoms with Crippen LogP contribution in [0.1, 0.15) is 34.0 Å². The van der Waals surface area contributed by atoms with Crippen molar-refractivity contribution < 1.29 is 32.2 Å². The first-order valence-electron chi connectivity index (χ1n) is 11.2. The number of aryl methyl sites for hydroxylation is 2. The molecule has 188 valence electrons. The van der Waals surface area contributed by atoms with Gasteiger partial charge >= 0.3 is 5.97 Å². The molecule has 3 aromatic rings. The zero-order valence-electron chi connectivity index (χ0n) is 20.0. The van der Waals surface area contributed by atoms with Crippen molar-refractivity contribution in [3.05, 3.63) is 82.9 Å². The third-order valence-corrected chi connectivity index (χ3v) is 7.06. The van der Waals surface area contributed by atoms with Gasteiger partial charge in [0.2, 0.25) is 6.79 Å². The van der Waals surface area contributed by atoms with Crippen LogP contribution in [-0.4, -0.2) is 33.2 Å². The summed E-state index contributed by atoms with van der Waals surface area (Å²) < 4.78 is 44.4. The van der Waals surface area contributed by atoms with Crippen LogP contribution >= 0.6 is 0 Å². The number of amides is 1. The van der Waals surface area contributed by atoms with Gasteiger partial charge in [-0.05, 0) is 73.9 Å². The minimum atomic E-state index is -3.96. The van der Waals surface area contributed by atoms with Crippen LogP contribution in [0.2, 0.25) is 0 Å². The van der Waals surface area contributed by atoms with E-state index in [-0.39, 0.29) is 23.8 Å². The largest absolute Gasteiger partial charge is 0.454 e. The Morgan fingerprint density at radius 3 is 2.56 bits per heavy atom. The predicted molar refractivity (Wildman–Crippen MR) is 132 cm³/mol. The average molecular weight is 511 g/mol. The van der Waals surface area contributed by atoms with E-state index < -0.39 is 28.0 Å². The highest BCUT2D eigenvalue weighted by atomic mass is 32.2. The van der Waals surface area contributed by atoms with E-state index in [0.29, 0.717) is 22.7 Å². The smallest absolute Gasteiger partial charge is 0.338 e. The lowest BCUT2D eigenvalue weighted by Gasteiger charge is -2.15. The summed E-state index contributed by atoms with van der Waals surface area (Å²) in [7, 11) is -3.96. The number of rotatable bonds is 8. The molecule has 2 N–H and O–H groups in total. The van der Waals surface area contributed by atoms with E-state index in [2.05, 4.69) is 10.0 Å². The van der Waals surface area contributed by atoms with E-state index in [1.165, 1.54) is 25.1 Å². The van der Waals surface area contributed by atoms with Crippen molar-refractivity contribution in [1.82, 2.24) is 5.32 Å². The van der Waals surface area contributed by atoms with E-state index in [9.17, 15) is 18.0 Å². The van der Waals surface area contributed by atoms with Gasteiger partial charge in [-0.25, -0.2) is 13.2 Å². The monoisotopic (exact) mass is 510 g/mol. The molecule has 0 spiro atoms. The van der Waals surface area contributed by atoms with Gasteiger partial charge < -0.3 is 19.5 Å². The second-order valence-corrected chi connectivity index (χ2v) is 10.1. The summed E-state index contributed by atoms with van der Waals surface area (Å²) in [5, 5.41) is 2.70. The van der Waals surface area contributed by atoms with E-state index in [0.717, 1.165) is 11.1 Å². The maximum absolute atomic E-state index is 13.0.